The van der Waals surface area contributed by atoms with E-state index in [9.17, 15) is 5.11 Å². The topological polar surface area (TPSA) is 47.3 Å². The zero-order chi connectivity index (χ0) is 12.4. The first-order valence-corrected chi connectivity index (χ1v) is 5.50. The lowest BCUT2D eigenvalue weighted by atomic mass is 10.2. The summed E-state index contributed by atoms with van der Waals surface area (Å²) in [5.41, 5.74) is 2.57. The Morgan fingerprint density at radius 2 is 2.00 bits per heavy atom. The maximum atomic E-state index is 9.33. The van der Waals surface area contributed by atoms with E-state index in [1.807, 2.05) is 38.1 Å². The van der Waals surface area contributed by atoms with Gasteiger partial charge in [0, 0.05) is 7.05 Å². The molecule has 1 N–H and O–H groups in total. The van der Waals surface area contributed by atoms with Gasteiger partial charge in [-0.05, 0) is 25.5 Å². The van der Waals surface area contributed by atoms with Gasteiger partial charge in [-0.15, -0.1) is 0 Å². The van der Waals surface area contributed by atoms with Gasteiger partial charge >= 0.3 is 0 Å². The van der Waals surface area contributed by atoms with Crippen LogP contribution in [0.1, 0.15) is 16.8 Å². The third kappa shape index (κ3) is 2.17. The van der Waals surface area contributed by atoms with Crippen LogP contribution in [0, 0.1) is 13.8 Å². The summed E-state index contributed by atoms with van der Waals surface area (Å²) in [4.78, 5) is 0. The first-order valence-electron chi connectivity index (χ1n) is 5.50. The van der Waals surface area contributed by atoms with Crippen LogP contribution in [0.2, 0.25) is 0 Å². The Morgan fingerprint density at radius 3 is 2.65 bits per heavy atom. The van der Waals surface area contributed by atoms with E-state index < -0.39 is 0 Å². The van der Waals surface area contributed by atoms with Gasteiger partial charge in [0.05, 0.1) is 17.9 Å². The fourth-order valence-corrected chi connectivity index (χ4v) is 1.77. The predicted octanol–water partition coefficient (Wildman–Crippen LogP) is 2.32. The van der Waals surface area contributed by atoms with E-state index in [1.54, 1.807) is 11.7 Å². The van der Waals surface area contributed by atoms with Crippen LogP contribution in [0.15, 0.2) is 24.3 Å². The van der Waals surface area contributed by atoms with Gasteiger partial charge in [-0.1, -0.05) is 18.2 Å². The van der Waals surface area contributed by atoms with Gasteiger partial charge < -0.3 is 9.84 Å². The molecule has 17 heavy (non-hydrogen) atoms. The summed E-state index contributed by atoms with van der Waals surface area (Å²) in [5.74, 6) is 1.38. The number of ether oxygens (including phenoxy) is 1. The van der Waals surface area contributed by atoms with E-state index in [2.05, 4.69) is 5.10 Å². The molecule has 0 atom stereocenters. The molecule has 1 heterocycles. The van der Waals surface area contributed by atoms with Gasteiger partial charge in [-0.3, -0.25) is 0 Å². The molecule has 0 aliphatic carbocycles. The number of nitrogens with zero attached hydrogens (tertiary/aromatic N) is 2. The number of aromatic nitrogens is 2. The standard InChI is InChI=1S/C13H16N2O2/c1-9-6-4-5-7-12(9)17-13-11(8-16)10(2)14-15(13)3/h4-7,16H,8H2,1-3H3. The Kier molecular flexibility index (Phi) is 3.15. The number of para-hydroxylation sites is 1. The molecule has 0 aliphatic heterocycles. The van der Waals surface area contributed by atoms with E-state index in [0.717, 1.165) is 22.6 Å². The molecule has 0 saturated heterocycles. The number of hydrogen-bond acceptors (Lipinski definition) is 3. The van der Waals surface area contributed by atoms with Crippen molar-refractivity contribution in [3.8, 4) is 11.6 Å². The molecular weight excluding hydrogens is 216 g/mol. The number of aryl methyl sites for hydroxylation is 3. The summed E-state index contributed by atoms with van der Waals surface area (Å²) in [6.07, 6.45) is 0. The van der Waals surface area contributed by atoms with E-state index in [1.165, 1.54) is 0 Å². The van der Waals surface area contributed by atoms with Crippen molar-refractivity contribution in [1.82, 2.24) is 9.78 Å². The minimum atomic E-state index is -0.0686. The number of aliphatic hydroxyl groups excluding tert-OH is 1. The lowest BCUT2D eigenvalue weighted by Gasteiger charge is -2.09. The fourth-order valence-electron chi connectivity index (χ4n) is 1.77. The number of aliphatic hydroxyl groups is 1. The van der Waals surface area contributed by atoms with Gasteiger partial charge in [-0.25, -0.2) is 4.68 Å². The van der Waals surface area contributed by atoms with Crippen molar-refractivity contribution in [3.05, 3.63) is 41.1 Å². The number of rotatable bonds is 3. The van der Waals surface area contributed by atoms with Gasteiger partial charge in [0.1, 0.15) is 5.75 Å². The number of benzene rings is 1. The van der Waals surface area contributed by atoms with Crippen molar-refractivity contribution in [1.29, 1.82) is 0 Å². The highest BCUT2D eigenvalue weighted by Gasteiger charge is 2.15. The highest BCUT2D eigenvalue weighted by atomic mass is 16.5. The predicted molar refractivity (Wildman–Crippen MR) is 65.1 cm³/mol. The molecule has 0 bridgehead atoms. The molecule has 4 heteroatoms. The van der Waals surface area contributed by atoms with Crippen molar-refractivity contribution < 1.29 is 9.84 Å². The zero-order valence-electron chi connectivity index (χ0n) is 10.3. The van der Waals surface area contributed by atoms with Gasteiger partial charge in [0.2, 0.25) is 5.88 Å². The Morgan fingerprint density at radius 1 is 1.29 bits per heavy atom. The molecule has 0 saturated carbocycles. The minimum absolute atomic E-state index is 0.0686. The van der Waals surface area contributed by atoms with Crippen molar-refractivity contribution in [2.24, 2.45) is 7.05 Å². The molecule has 0 fully saturated rings. The minimum Gasteiger partial charge on any atom is -0.439 e. The summed E-state index contributed by atoms with van der Waals surface area (Å²) < 4.78 is 7.47. The molecule has 0 radical (unpaired) electrons. The van der Waals surface area contributed by atoms with Gasteiger partial charge in [0.25, 0.3) is 0 Å². The van der Waals surface area contributed by atoms with Gasteiger partial charge in [0.15, 0.2) is 0 Å². The summed E-state index contributed by atoms with van der Waals surface area (Å²) in [6.45, 7) is 3.77. The second-order valence-electron chi connectivity index (χ2n) is 4.02. The molecule has 90 valence electrons. The van der Waals surface area contributed by atoms with Crippen molar-refractivity contribution in [3.63, 3.8) is 0 Å². The Balaban J connectivity index is 2.40. The first-order chi connectivity index (χ1) is 8.13. The molecule has 1 aromatic heterocycles. The van der Waals surface area contributed by atoms with Crippen LogP contribution in [0.3, 0.4) is 0 Å². The van der Waals surface area contributed by atoms with E-state index >= 15 is 0 Å². The molecule has 1 aromatic carbocycles. The Labute approximate surface area is 100 Å². The molecule has 0 unspecified atom stereocenters. The van der Waals surface area contributed by atoms with E-state index in [0.29, 0.717) is 5.88 Å². The maximum Gasteiger partial charge on any atom is 0.223 e. The molecule has 0 amide bonds. The fraction of sp³-hybridized carbons (Fsp3) is 0.308. The average Bonchev–Trinajstić information content (AvgIpc) is 2.56. The first kappa shape index (κ1) is 11.7. The van der Waals surface area contributed by atoms with Crippen molar-refractivity contribution in [2.75, 3.05) is 0 Å². The monoisotopic (exact) mass is 232 g/mol. The largest absolute Gasteiger partial charge is 0.439 e. The van der Waals surface area contributed by atoms with Crippen LogP contribution < -0.4 is 4.74 Å². The molecule has 0 aliphatic rings. The SMILES string of the molecule is Cc1ccccc1Oc1c(CO)c(C)nn1C. The Bertz CT molecular complexity index is 532. The van der Waals surface area contributed by atoms with E-state index in [-0.39, 0.29) is 6.61 Å². The van der Waals surface area contributed by atoms with Crippen LogP contribution in [0.4, 0.5) is 0 Å². The lowest BCUT2D eigenvalue weighted by Crippen LogP contribution is -1.98. The smallest absolute Gasteiger partial charge is 0.223 e. The second-order valence-corrected chi connectivity index (χ2v) is 4.02. The second kappa shape index (κ2) is 4.59. The van der Waals surface area contributed by atoms with Gasteiger partial charge in [-0.2, -0.15) is 5.10 Å². The van der Waals surface area contributed by atoms with Crippen LogP contribution in [-0.4, -0.2) is 14.9 Å². The molecule has 4 nitrogen and oxygen atoms in total. The average molecular weight is 232 g/mol. The zero-order valence-corrected chi connectivity index (χ0v) is 10.3. The summed E-state index contributed by atoms with van der Waals surface area (Å²) in [7, 11) is 1.81. The van der Waals surface area contributed by atoms with Crippen molar-refractivity contribution in [2.45, 2.75) is 20.5 Å². The Hall–Kier alpha value is -1.81. The molecular formula is C13H16N2O2. The van der Waals surface area contributed by atoms with Crippen LogP contribution in [-0.2, 0) is 13.7 Å². The van der Waals surface area contributed by atoms with E-state index in [4.69, 9.17) is 4.74 Å². The summed E-state index contributed by atoms with van der Waals surface area (Å²) >= 11 is 0. The van der Waals surface area contributed by atoms with Crippen LogP contribution in [0.25, 0.3) is 0 Å². The highest BCUT2D eigenvalue weighted by molar-refractivity contribution is 5.38. The molecule has 2 aromatic rings. The quantitative estimate of drug-likeness (QED) is 0.883. The maximum absolute atomic E-state index is 9.33. The normalized spacial score (nSPS) is 10.6. The lowest BCUT2D eigenvalue weighted by molar-refractivity contribution is 0.274. The third-order valence-electron chi connectivity index (χ3n) is 2.75. The summed E-state index contributed by atoms with van der Waals surface area (Å²) in [5, 5.41) is 13.6. The molecule has 0 spiro atoms. The van der Waals surface area contributed by atoms with Crippen molar-refractivity contribution >= 4 is 0 Å². The van der Waals surface area contributed by atoms with Crippen LogP contribution in [0.5, 0.6) is 11.6 Å². The summed E-state index contributed by atoms with van der Waals surface area (Å²) in [6, 6.07) is 7.77. The number of hydrogen-bond donors (Lipinski definition) is 1. The highest BCUT2D eigenvalue weighted by Crippen LogP contribution is 2.28. The molecule has 2 rings (SSSR count). The third-order valence-corrected chi connectivity index (χ3v) is 2.75. The van der Waals surface area contributed by atoms with Crippen LogP contribution >= 0.6 is 0 Å².